The van der Waals surface area contributed by atoms with Crippen molar-refractivity contribution in [3.05, 3.63) is 54.1 Å². The number of terminal acetylenes is 3. The van der Waals surface area contributed by atoms with Crippen LogP contribution in [0.25, 0.3) is 5.57 Å². The number of carboxylic acid groups (broad SMARTS) is 1. The Morgan fingerprint density at radius 1 is 0.873 bits per heavy atom. The average molecular weight is 755 g/mol. The van der Waals surface area contributed by atoms with Gasteiger partial charge in [-0.3, -0.25) is 4.79 Å². The number of hydrogen-bond donors (Lipinski definition) is 2. The van der Waals surface area contributed by atoms with Crippen LogP contribution in [0.15, 0.2) is 43.0 Å². The lowest BCUT2D eigenvalue weighted by molar-refractivity contribution is -0.176. The lowest BCUT2D eigenvalue weighted by Gasteiger charge is -2.68. The molecule has 1 amide bonds. The van der Waals surface area contributed by atoms with E-state index in [1.165, 1.54) is 75.3 Å². The number of carboxylic acids is 1. The van der Waals surface area contributed by atoms with Crippen LogP contribution in [0.3, 0.4) is 0 Å². The fourth-order valence-corrected chi connectivity index (χ4v) is 12.2. The van der Waals surface area contributed by atoms with Crippen LogP contribution >= 0.6 is 0 Å². The highest BCUT2D eigenvalue weighted by Crippen LogP contribution is 2.73. The van der Waals surface area contributed by atoms with Crippen molar-refractivity contribution in [3.8, 4) is 38.5 Å². The van der Waals surface area contributed by atoms with Crippen molar-refractivity contribution in [2.45, 2.75) is 133 Å². The van der Waals surface area contributed by atoms with E-state index in [0.717, 1.165) is 36.6 Å². The van der Waals surface area contributed by atoms with Crippen molar-refractivity contribution < 1.29 is 14.7 Å². The number of nitrogens with one attached hydrogen (secondary N) is 1. The predicted octanol–water partition coefficient (Wildman–Crippen LogP) is 11.5. The van der Waals surface area contributed by atoms with Gasteiger partial charge >= 0.3 is 5.97 Å². The Bertz CT molecular complexity index is 1400. The van der Waals surface area contributed by atoms with Crippen LogP contribution in [-0.2, 0) is 4.79 Å². The van der Waals surface area contributed by atoms with Crippen molar-refractivity contribution in [2.24, 2.45) is 51.2 Å². The van der Waals surface area contributed by atoms with Crippen LogP contribution in [0.1, 0.15) is 142 Å². The van der Waals surface area contributed by atoms with E-state index < -0.39 is 5.97 Å². The van der Waals surface area contributed by atoms with Gasteiger partial charge in [0, 0.05) is 12.6 Å². The van der Waals surface area contributed by atoms with E-state index in [0.29, 0.717) is 27.7 Å². The minimum atomic E-state index is -0.844. The van der Waals surface area contributed by atoms with Gasteiger partial charge < -0.3 is 15.3 Å². The zero-order valence-corrected chi connectivity index (χ0v) is 36.7. The molecule has 4 saturated carbocycles. The van der Waals surface area contributed by atoms with Crippen LogP contribution in [0.2, 0.25) is 0 Å². The number of likely N-dealkylation sites (N-methyl/N-ethyl adjacent to an activating group) is 1. The molecule has 0 spiro atoms. The molecule has 2 N–H and O–H groups in total. The second-order valence-electron chi connectivity index (χ2n) is 17.5. The largest absolute Gasteiger partial charge is 0.478 e. The van der Waals surface area contributed by atoms with E-state index in [-0.39, 0.29) is 11.5 Å². The van der Waals surface area contributed by atoms with Crippen molar-refractivity contribution >= 4 is 18.0 Å². The summed E-state index contributed by atoms with van der Waals surface area (Å²) in [7, 11) is 3.95. The molecule has 1 aromatic rings. The Morgan fingerprint density at radius 3 is 1.95 bits per heavy atom. The first kappa shape index (κ1) is 51.3. The number of benzene rings is 1. The normalized spacial score (nSPS) is 31.9. The summed E-state index contributed by atoms with van der Waals surface area (Å²) in [5, 5.41) is 12.0. The molecule has 9 atom stereocenters. The first-order valence-electron chi connectivity index (χ1n) is 20.5. The summed E-state index contributed by atoms with van der Waals surface area (Å²) in [6.45, 7) is 25.1. The number of rotatable bonds is 6. The third kappa shape index (κ3) is 11.4. The van der Waals surface area contributed by atoms with Gasteiger partial charge in [-0.05, 0) is 160 Å². The lowest BCUT2D eigenvalue weighted by atomic mass is 9.36. The topological polar surface area (TPSA) is 69.6 Å². The molecule has 0 aliphatic heterocycles. The van der Waals surface area contributed by atoms with Crippen LogP contribution < -0.4 is 5.32 Å². The molecule has 0 radical (unpaired) electrons. The monoisotopic (exact) mass is 755 g/mol. The number of fused-ring (bicyclic) bond motifs is 7. The number of carbonyl (C=O) groups excluding carboxylic acids is 1. The van der Waals surface area contributed by atoms with Gasteiger partial charge in [0.25, 0.3) is 0 Å². The zero-order chi connectivity index (χ0) is 42.8. The maximum absolute atomic E-state index is 11.4. The Labute approximate surface area is 339 Å². The smallest absolute Gasteiger partial charge is 0.335 e. The molecule has 4 fully saturated rings. The molecule has 306 valence electrons. The molecule has 4 unspecified atom stereocenters. The van der Waals surface area contributed by atoms with Gasteiger partial charge in [0.1, 0.15) is 0 Å². The predicted molar refractivity (Wildman–Crippen MR) is 237 cm³/mol. The molecule has 5 aliphatic carbocycles. The van der Waals surface area contributed by atoms with E-state index in [1.807, 2.05) is 58.8 Å². The Kier molecular flexibility index (Phi) is 21.8. The summed E-state index contributed by atoms with van der Waals surface area (Å²) in [6, 6.07) is 7.89. The quantitative estimate of drug-likeness (QED) is 0.172. The van der Waals surface area contributed by atoms with Gasteiger partial charge in [0.2, 0.25) is 6.41 Å². The van der Waals surface area contributed by atoms with Gasteiger partial charge in [-0.2, -0.15) is 0 Å². The van der Waals surface area contributed by atoms with Crippen molar-refractivity contribution in [3.63, 3.8) is 0 Å². The Morgan fingerprint density at radius 2 is 1.44 bits per heavy atom. The van der Waals surface area contributed by atoms with Crippen LogP contribution in [0, 0.1) is 89.8 Å². The highest BCUT2D eigenvalue weighted by molar-refractivity contribution is 5.88. The summed E-state index contributed by atoms with van der Waals surface area (Å²) in [5.41, 5.74) is 4.65. The van der Waals surface area contributed by atoms with Crippen molar-refractivity contribution in [1.82, 2.24) is 10.2 Å². The van der Waals surface area contributed by atoms with Gasteiger partial charge in [-0.15, -0.1) is 45.1 Å². The third-order valence-corrected chi connectivity index (χ3v) is 14.0. The Balaban J connectivity index is 0.00000124. The molecule has 0 heterocycles. The zero-order valence-electron chi connectivity index (χ0n) is 36.7. The first-order chi connectivity index (χ1) is 26.1. The standard InChI is InChI=1S/C33H46O2.C6H14N2O.C3H6.C2H6.3C2H2/c1-30(2)24(21-8-10-22(11-9-21)29(34)35)15-19-33(5)27(30)16-20-32(4)26-14-18-31(3)17-6-7-25(31)23(26)12-13-28(32)33;1-6(7-5-9)4-8(2)3;1-3-2;4*1-2/h8-11,15,23,25-28H,6-7,12-14,16-20H2,1-5H3,(H,34,35);5-6H,4H2,1-3H3,(H,7,9);3H,1H2,2H3;1-2H3;3*1-2H/t23-,25?,26?,27?,28?,31-,32+,33+;6-;;;;;/m10...../s1. The number of aromatic carboxylic acids is 1. The minimum Gasteiger partial charge on any atom is -0.478 e. The SMILES string of the molecule is C#C.C#C.C#C.C=CC.CC.CC1(C)C(c2ccc(C(=O)O)cc2)=CC[C@@]2(C)C1CC[C@@]1(C)C3CC[C@@]4(C)CCCC4[C@H]3CCC12.C[C@@H](CN(C)C)NC=O. The van der Waals surface area contributed by atoms with Crippen LogP contribution in [0.5, 0.6) is 0 Å². The van der Waals surface area contributed by atoms with Gasteiger partial charge in [0.05, 0.1) is 5.56 Å². The second-order valence-corrected chi connectivity index (χ2v) is 17.5. The molecular weight excluding hydrogens is 677 g/mol. The first-order valence-corrected chi connectivity index (χ1v) is 20.5. The summed E-state index contributed by atoms with van der Waals surface area (Å²) in [5.74, 6) is 3.58. The molecule has 1 aromatic carbocycles. The fourth-order valence-electron chi connectivity index (χ4n) is 12.2. The lowest BCUT2D eigenvalue weighted by Crippen LogP contribution is -2.60. The summed E-state index contributed by atoms with van der Waals surface area (Å²) in [4.78, 5) is 23.3. The summed E-state index contributed by atoms with van der Waals surface area (Å²) < 4.78 is 0. The van der Waals surface area contributed by atoms with E-state index in [2.05, 4.69) is 91.1 Å². The third-order valence-electron chi connectivity index (χ3n) is 14.0. The molecule has 5 nitrogen and oxygen atoms in total. The molecule has 0 aromatic heterocycles. The van der Waals surface area contributed by atoms with Gasteiger partial charge in [-0.1, -0.05) is 79.2 Å². The average Bonchev–Trinajstić information content (AvgIpc) is 3.57. The van der Waals surface area contributed by atoms with Gasteiger partial charge in [0.15, 0.2) is 0 Å². The second kappa shape index (κ2) is 23.4. The van der Waals surface area contributed by atoms with Crippen LogP contribution in [0.4, 0.5) is 0 Å². The Hall–Kier alpha value is -3.72. The van der Waals surface area contributed by atoms with E-state index in [1.54, 1.807) is 18.2 Å². The minimum absolute atomic E-state index is 0.104. The maximum atomic E-state index is 11.4. The molecule has 0 saturated heterocycles. The molecule has 0 bridgehead atoms. The summed E-state index contributed by atoms with van der Waals surface area (Å²) in [6.07, 6.45) is 43.3. The summed E-state index contributed by atoms with van der Waals surface area (Å²) >= 11 is 0. The van der Waals surface area contributed by atoms with Crippen molar-refractivity contribution in [2.75, 3.05) is 20.6 Å². The molecule has 5 aliphatic rings. The number of allylic oxidation sites excluding steroid dienone is 3. The molecular formula is C50H78N2O3. The van der Waals surface area contributed by atoms with Crippen molar-refractivity contribution in [1.29, 1.82) is 0 Å². The molecule has 6 rings (SSSR count). The number of nitrogens with zero attached hydrogens (tertiary/aromatic N) is 1. The highest BCUT2D eigenvalue weighted by atomic mass is 16.4. The number of hydrogen-bond acceptors (Lipinski definition) is 3. The fraction of sp³-hybridized carbons (Fsp3) is 0.640. The molecule has 55 heavy (non-hydrogen) atoms. The van der Waals surface area contributed by atoms with E-state index >= 15 is 0 Å². The number of carbonyl (C=O) groups is 2. The van der Waals surface area contributed by atoms with E-state index in [9.17, 15) is 14.7 Å². The maximum Gasteiger partial charge on any atom is 0.335 e. The van der Waals surface area contributed by atoms with E-state index in [4.69, 9.17) is 0 Å². The highest BCUT2D eigenvalue weighted by Gasteiger charge is 2.64. The molecule has 5 heteroatoms. The van der Waals surface area contributed by atoms with Gasteiger partial charge in [-0.25, -0.2) is 4.79 Å². The number of amides is 1. The van der Waals surface area contributed by atoms with Crippen LogP contribution in [-0.4, -0.2) is 49.1 Å².